The molecule has 0 aromatic carbocycles. The van der Waals surface area contributed by atoms with E-state index in [1.54, 1.807) is 17.3 Å². The first-order chi connectivity index (χ1) is 12.1. The van der Waals surface area contributed by atoms with Gasteiger partial charge in [-0.3, -0.25) is 19.6 Å². The van der Waals surface area contributed by atoms with Crippen LogP contribution in [0.4, 0.5) is 0 Å². The Morgan fingerprint density at radius 3 is 2.56 bits per heavy atom. The number of rotatable bonds is 8. The van der Waals surface area contributed by atoms with Crippen LogP contribution in [0.1, 0.15) is 42.7 Å². The Labute approximate surface area is 147 Å². The molecule has 7 nitrogen and oxygen atoms in total. The molecule has 0 saturated carbocycles. The standard InChI is InChI=1S/C18H23N5O2/c1-3-14(2)23(18(25)16-13-20-9-10-21-16)11-6-17(24)22-12-15-4-7-19-8-5-15/h4-5,7-10,13-14H,3,6,11-12H2,1-2H3,(H,22,24)/t14-/m1/s1. The maximum Gasteiger partial charge on any atom is 0.274 e. The van der Waals surface area contributed by atoms with Crippen molar-refractivity contribution in [3.8, 4) is 0 Å². The lowest BCUT2D eigenvalue weighted by molar-refractivity contribution is -0.121. The molecule has 1 atom stereocenters. The number of aromatic nitrogens is 3. The minimum absolute atomic E-state index is 0.0162. The first-order valence-electron chi connectivity index (χ1n) is 8.34. The first kappa shape index (κ1) is 18.5. The summed E-state index contributed by atoms with van der Waals surface area (Å²) in [5, 5.41) is 2.86. The third-order valence-electron chi connectivity index (χ3n) is 3.98. The molecule has 2 aromatic rings. The number of hydrogen-bond donors (Lipinski definition) is 1. The van der Waals surface area contributed by atoms with Crippen LogP contribution in [0.15, 0.2) is 43.1 Å². The molecule has 0 radical (unpaired) electrons. The molecule has 25 heavy (non-hydrogen) atoms. The summed E-state index contributed by atoms with van der Waals surface area (Å²) >= 11 is 0. The molecule has 2 aromatic heterocycles. The predicted molar refractivity (Wildman–Crippen MR) is 93.5 cm³/mol. The van der Waals surface area contributed by atoms with E-state index in [9.17, 15) is 9.59 Å². The zero-order valence-electron chi connectivity index (χ0n) is 14.6. The van der Waals surface area contributed by atoms with Crippen LogP contribution in [0.2, 0.25) is 0 Å². The normalized spacial score (nSPS) is 11.6. The Bertz CT molecular complexity index is 678. The quantitative estimate of drug-likeness (QED) is 0.791. The van der Waals surface area contributed by atoms with Crippen LogP contribution < -0.4 is 5.32 Å². The molecule has 0 spiro atoms. The monoisotopic (exact) mass is 341 g/mol. The average Bonchev–Trinajstić information content (AvgIpc) is 2.67. The summed E-state index contributed by atoms with van der Waals surface area (Å²) in [5.74, 6) is -0.304. The summed E-state index contributed by atoms with van der Waals surface area (Å²) in [6.07, 6.45) is 8.87. The maximum absolute atomic E-state index is 12.6. The summed E-state index contributed by atoms with van der Waals surface area (Å²) in [7, 11) is 0. The van der Waals surface area contributed by atoms with Gasteiger partial charge in [0.25, 0.3) is 5.91 Å². The summed E-state index contributed by atoms with van der Waals surface area (Å²) in [6, 6.07) is 3.72. The first-order valence-corrected chi connectivity index (χ1v) is 8.34. The van der Waals surface area contributed by atoms with Crippen molar-refractivity contribution < 1.29 is 9.59 Å². The number of nitrogens with zero attached hydrogens (tertiary/aromatic N) is 4. The van der Waals surface area contributed by atoms with Gasteiger partial charge in [-0.1, -0.05) is 6.92 Å². The molecule has 0 saturated heterocycles. The summed E-state index contributed by atoms with van der Waals surface area (Å²) < 4.78 is 0. The van der Waals surface area contributed by atoms with Gasteiger partial charge in [-0.15, -0.1) is 0 Å². The second kappa shape index (κ2) is 9.46. The number of nitrogens with one attached hydrogen (secondary N) is 1. The van der Waals surface area contributed by atoms with Crippen molar-refractivity contribution in [2.24, 2.45) is 0 Å². The van der Waals surface area contributed by atoms with Crippen molar-refractivity contribution in [2.45, 2.75) is 39.3 Å². The molecular weight excluding hydrogens is 318 g/mol. The summed E-state index contributed by atoms with van der Waals surface area (Å²) in [5.41, 5.74) is 1.28. The van der Waals surface area contributed by atoms with Crippen LogP contribution in [0.5, 0.6) is 0 Å². The summed E-state index contributed by atoms with van der Waals surface area (Å²) in [6.45, 7) is 4.75. The molecule has 2 heterocycles. The SMILES string of the molecule is CC[C@@H](C)N(CCC(=O)NCc1ccncc1)C(=O)c1cnccn1. The fourth-order valence-corrected chi connectivity index (χ4v) is 2.31. The van der Waals surface area contributed by atoms with E-state index in [0.717, 1.165) is 12.0 Å². The minimum Gasteiger partial charge on any atom is -0.352 e. The Morgan fingerprint density at radius 1 is 1.16 bits per heavy atom. The number of carbonyl (C=O) groups excluding carboxylic acids is 2. The largest absolute Gasteiger partial charge is 0.352 e. The highest BCUT2D eigenvalue weighted by molar-refractivity contribution is 5.92. The van der Waals surface area contributed by atoms with E-state index in [4.69, 9.17) is 0 Å². The lowest BCUT2D eigenvalue weighted by Gasteiger charge is -2.28. The van der Waals surface area contributed by atoms with E-state index in [0.29, 0.717) is 18.8 Å². The fraction of sp³-hybridized carbons (Fsp3) is 0.389. The maximum atomic E-state index is 12.6. The highest BCUT2D eigenvalue weighted by atomic mass is 16.2. The van der Waals surface area contributed by atoms with E-state index < -0.39 is 0 Å². The van der Waals surface area contributed by atoms with Gasteiger partial charge in [-0.2, -0.15) is 0 Å². The second-order valence-electron chi connectivity index (χ2n) is 5.73. The number of carbonyl (C=O) groups is 2. The molecule has 7 heteroatoms. The molecular formula is C18H23N5O2. The van der Waals surface area contributed by atoms with Gasteiger partial charge < -0.3 is 10.2 Å². The molecule has 0 aliphatic carbocycles. The smallest absolute Gasteiger partial charge is 0.274 e. The van der Waals surface area contributed by atoms with Crippen molar-refractivity contribution in [2.75, 3.05) is 6.54 Å². The van der Waals surface area contributed by atoms with Crippen molar-refractivity contribution in [3.05, 3.63) is 54.4 Å². The van der Waals surface area contributed by atoms with Gasteiger partial charge >= 0.3 is 0 Å². The van der Waals surface area contributed by atoms with Gasteiger partial charge in [-0.05, 0) is 31.0 Å². The Hall–Kier alpha value is -2.83. The van der Waals surface area contributed by atoms with Crippen LogP contribution in [-0.2, 0) is 11.3 Å². The van der Waals surface area contributed by atoms with E-state index in [1.165, 1.54) is 18.6 Å². The van der Waals surface area contributed by atoms with Crippen molar-refractivity contribution in [1.29, 1.82) is 0 Å². The van der Waals surface area contributed by atoms with Gasteiger partial charge in [0.1, 0.15) is 5.69 Å². The molecule has 0 bridgehead atoms. The third kappa shape index (κ3) is 5.63. The van der Waals surface area contributed by atoms with Crippen LogP contribution in [0, 0.1) is 0 Å². The van der Waals surface area contributed by atoms with Gasteiger partial charge in [0.2, 0.25) is 5.91 Å². The third-order valence-corrected chi connectivity index (χ3v) is 3.98. The Balaban J connectivity index is 1.91. The van der Waals surface area contributed by atoms with Crippen molar-refractivity contribution in [3.63, 3.8) is 0 Å². The van der Waals surface area contributed by atoms with Crippen LogP contribution >= 0.6 is 0 Å². The van der Waals surface area contributed by atoms with Gasteiger partial charge in [0, 0.05) is 50.3 Å². The zero-order valence-corrected chi connectivity index (χ0v) is 14.6. The van der Waals surface area contributed by atoms with Gasteiger partial charge in [0.15, 0.2) is 0 Å². The lowest BCUT2D eigenvalue weighted by Crippen LogP contribution is -2.41. The van der Waals surface area contributed by atoms with Crippen LogP contribution in [0.25, 0.3) is 0 Å². The fourth-order valence-electron chi connectivity index (χ4n) is 2.31. The van der Waals surface area contributed by atoms with E-state index in [2.05, 4.69) is 20.3 Å². The van der Waals surface area contributed by atoms with Gasteiger partial charge in [0.05, 0.1) is 6.20 Å². The molecule has 0 aliphatic rings. The highest BCUT2D eigenvalue weighted by Crippen LogP contribution is 2.09. The van der Waals surface area contributed by atoms with E-state index >= 15 is 0 Å². The van der Waals surface area contributed by atoms with E-state index in [1.807, 2.05) is 26.0 Å². The van der Waals surface area contributed by atoms with Crippen LogP contribution in [-0.4, -0.2) is 44.3 Å². The lowest BCUT2D eigenvalue weighted by atomic mass is 10.2. The molecule has 2 amide bonds. The Morgan fingerprint density at radius 2 is 1.92 bits per heavy atom. The number of pyridine rings is 1. The predicted octanol–water partition coefficient (Wildman–Crippen LogP) is 1.82. The number of hydrogen-bond acceptors (Lipinski definition) is 5. The van der Waals surface area contributed by atoms with Crippen molar-refractivity contribution in [1.82, 2.24) is 25.2 Å². The summed E-state index contributed by atoms with van der Waals surface area (Å²) in [4.78, 5) is 38.3. The molecule has 0 fully saturated rings. The second-order valence-corrected chi connectivity index (χ2v) is 5.73. The Kier molecular flexibility index (Phi) is 7.00. The van der Waals surface area contributed by atoms with Crippen molar-refractivity contribution >= 4 is 11.8 Å². The zero-order chi connectivity index (χ0) is 18.1. The van der Waals surface area contributed by atoms with E-state index in [-0.39, 0.29) is 24.3 Å². The topological polar surface area (TPSA) is 88.1 Å². The molecule has 2 rings (SSSR count). The molecule has 0 aliphatic heterocycles. The average molecular weight is 341 g/mol. The number of amides is 2. The van der Waals surface area contributed by atoms with Crippen LogP contribution in [0.3, 0.4) is 0 Å². The molecule has 1 N–H and O–H groups in total. The highest BCUT2D eigenvalue weighted by Gasteiger charge is 2.22. The van der Waals surface area contributed by atoms with Gasteiger partial charge in [-0.25, -0.2) is 4.98 Å². The molecule has 132 valence electrons. The minimum atomic E-state index is -0.204. The molecule has 0 unspecified atom stereocenters.